The monoisotopic (exact) mass is 270 g/mol. The van der Waals surface area contributed by atoms with E-state index in [-0.39, 0.29) is 11.5 Å². The number of nitrogens with one attached hydrogen (secondary N) is 1. The van der Waals surface area contributed by atoms with Gasteiger partial charge in [-0.05, 0) is 45.0 Å². The molecule has 0 fully saturated rings. The number of rotatable bonds is 4. The maximum atomic E-state index is 11.7. The van der Waals surface area contributed by atoms with Gasteiger partial charge >= 0.3 is 5.97 Å². The van der Waals surface area contributed by atoms with Crippen LogP contribution in [0.2, 0.25) is 5.02 Å². The summed E-state index contributed by atoms with van der Waals surface area (Å²) in [7, 11) is 2.09. The molecule has 0 radical (unpaired) electrons. The van der Waals surface area contributed by atoms with Crippen LogP contribution in [0.15, 0.2) is 24.3 Å². The van der Waals surface area contributed by atoms with E-state index >= 15 is 0 Å². The Labute approximate surface area is 114 Å². The molecule has 0 aliphatic heterocycles. The van der Waals surface area contributed by atoms with Crippen LogP contribution in [0.1, 0.15) is 31.1 Å². The summed E-state index contributed by atoms with van der Waals surface area (Å²) in [4.78, 5) is 13.0. The number of quaternary nitrogens is 1. The van der Waals surface area contributed by atoms with Crippen molar-refractivity contribution in [2.24, 2.45) is 0 Å². The summed E-state index contributed by atoms with van der Waals surface area (Å²) >= 11 is 5.76. The molecule has 0 spiro atoms. The van der Waals surface area contributed by atoms with Crippen molar-refractivity contribution in [1.29, 1.82) is 0 Å². The largest absolute Gasteiger partial charge is 0.456 e. The van der Waals surface area contributed by atoms with Crippen LogP contribution in [0.5, 0.6) is 0 Å². The Morgan fingerprint density at radius 2 is 1.83 bits per heavy atom. The fraction of sp³-hybridized carbons (Fsp3) is 0.500. The zero-order valence-electron chi connectivity index (χ0n) is 11.4. The minimum atomic E-state index is -0.298. The van der Waals surface area contributed by atoms with Crippen LogP contribution in [0, 0.1) is 0 Å². The van der Waals surface area contributed by atoms with Gasteiger partial charge in [0.1, 0.15) is 13.2 Å². The summed E-state index contributed by atoms with van der Waals surface area (Å²) in [6, 6.07) is 6.71. The standard InChI is InChI=1S/C14H20ClNO2/c1-14(2,3)16(4)9-10-18-13(17)11-5-7-12(15)8-6-11/h5-8H,9-10H2,1-4H3/p+1. The first kappa shape index (κ1) is 15.0. The summed E-state index contributed by atoms with van der Waals surface area (Å²) in [5, 5.41) is 0.614. The molecular formula is C14H21ClNO2+. The number of likely N-dealkylation sites (N-methyl/N-ethyl adjacent to an activating group) is 1. The average molecular weight is 271 g/mol. The molecule has 0 aliphatic rings. The Morgan fingerprint density at radius 1 is 1.28 bits per heavy atom. The summed E-state index contributed by atoms with van der Waals surface area (Å²) in [5.74, 6) is -0.298. The first-order valence-electron chi connectivity index (χ1n) is 6.06. The fourth-order valence-electron chi connectivity index (χ4n) is 1.34. The second-order valence-corrected chi connectivity index (χ2v) is 5.86. The Balaban J connectivity index is 2.40. The first-order chi connectivity index (χ1) is 8.30. The number of ether oxygens (including phenoxy) is 1. The Hall–Kier alpha value is -1.06. The van der Waals surface area contributed by atoms with Crippen molar-refractivity contribution < 1.29 is 14.4 Å². The van der Waals surface area contributed by atoms with Crippen molar-refractivity contribution in [3.8, 4) is 0 Å². The number of carbonyl (C=O) groups is 1. The van der Waals surface area contributed by atoms with Crippen LogP contribution in [0.3, 0.4) is 0 Å². The van der Waals surface area contributed by atoms with Gasteiger partial charge in [0.2, 0.25) is 0 Å². The minimum absolute atomic E-state index is 0.159. The van der Waals surface area contributed by atoms with Gasteiger partial charge < -0.3 is 9.64 Å². The highest BCUT2D eigenvalue weighted by Gasteiger charge is 2.20. The highest BCUT2D eigenvalue weighted by Crippen LogP contribution is 2.10. The van der Waals surface area contributed by atoms with Crippen molar-refractivity contribution in [2.75, 3.05) is 20.2 Å². The Bertz CT molecular complexity index is 395. The van der Waals surface area contributed by atoms with E-state index in [0.717, 1.165) is 6.54 Å². The zero-order valence-corrected chi connectivity index (χ0v) is 12.2. The van der Waals surface area contributed by atoms with E-state index in [1.165, 1.54) is 4.90 Å². The summed E-state index contributed by atoms with van der Waals surface area (Å²) in [5.41, 5.74) is 0.694. The number of carbonyl (C=O) groups excluding carboxylic acids is 1. The number of hydrogen-bond donors (Lipinski definition) is 1. The van der Waals surface area contributed by atoms with Gasteiger partial charge in [0.15, 0.2) is 0 Å². The fourth-order valence-corrected chi connectivity index (χ4v) is 1.47. The number of halogens is 1. The molecule has 1 aromatic carbocycles. The third-order valence-corrected chi connectivity index (χ3v) is 3.32. The van der Waals surface area contributed by atoms with Gasteiger partial charge in [-0.3, -0.25) is 0 Å². The third-order valence-electron chi connectivity index (χ3n) is 3.07. The molecule has 100 valence electrons. The lowest BCUT2D eigenvalue weighted by Crippen LogP contribution is -3.16. The molecule has 1 N–H and O–H groups in total. The lowest BCUT2D eigenvalue weighted by atomic mass is 10.1. The summed E-state index contributed by atoms with van der Waals surface area (Å²) in [6.07, 6.45) is 0. The molecule has 3 nitrogen and oxygen atoms in total. The molecule has 0 aromatic heterocycles. The molecule has 1 atom stereocenters. The molecule has 1 aromatic rings. The molecule has 0 saturated carbocycles. The SMILES string of the molecule is C[NH+](CCOC(=O)c1ccc(Cl)cc1)C(C)(C)C. The molecule has 0 bridgehead atoms. The van der Waals surface area contributed by atoms with Crippen LogP contribution in [0.25, 0.3) is 0 Å². The van der Waals surface area contributed by atoms with Gasteiger partial charge in [-0.15, -0.1) is 0 Å². The van der Waals surface area contributed by atoms with Gasteiger partial charge in [-0.25, -0.2) is 4.79 Å². The molecule has 0 heterocycles. The molecule has 1 unspecified atom stereocenters. The number of hydrogen-bond acceptors (Lipinski definition) is 2. The topological polar surface area (TPSA) is 30.7 Å². The highest BCUT2D eigenvalue weighted by molar-refractivity contribution is 6.30. The third kappa shape index (κ3) is 4.67. The van der Waals surface area contributed by atoms with Gasteiger partial charge in [0.05, 0.1) is 18.2 Å². The van der Waals surface area contributed by atoms with Crippen LogP contribution >= 0.6 is 11.6 Å². The molecule has 0 saturated heterocycles. The lowest BCUT2D eigenvalue weighted by Gasteiger charge is -2.28. The van der Waals surface area contributed by atoms with Gasteiger partial charge in [-0.2, -0.15) is 0 Å². The summed E-state index contributed by atoms with van der Waals surface area (Å²) in [6.45, 7) is 7.68. The van der Waals surface area contributed by atoms with E-state index in [0.29, 0.717) is 17.2 Å². The lowest BCUT2D eigenvalue weighted by molar-refractivity contribution is -0.927. The number of benzene rings is 1. The summed E-state index contributed by atoms with van der Waals surface area (Å²) < 4.78 is 5.23. The second-order valence-electron chi connectivity index (χ2n) is 5.42. The smallest absolute Gasteiger partial charge is 0.338 e. The maximum Gasteiger partial charge on any atom is 0.338 e. The van der Waals surface area contributed by atoms with E-state index in [1.807, 2.05) is 0 Å². The van der Waals surface area contributed by atoms with E-state index in [4.69, 9.17) is 16.3 Å². The molecular weight excluding hydrogens is 250 g/mol. The van der Waals surface area contributed by atoms with Gasteiger partial charge in [-0.1, -0.05) is 11.6 Å². The minimum Gasteiger partial charge on any atom is -0.456 e. The predicted molar refractivity (Wildman–Crippen MR) is 73.2 cm³/mol. The van der Waals surface area contributed by atoms with Crippen molar-refractivity contribution in [3.05, 3.63) is 34.9 Å². The van der Waals surface area contributed by atoms with Crippen molar-refractivity contribution in [1.82, 2.24) is 0 Å². The maximum absolute atomic E-state index is 11.7. The van der Waals surface area contributed by atoms with E-state index in [1.54, 1.807) is 24.3 Å². The average Bonchev–Trinajstić information content (AvgIpc) is 2.28. The Morgan fingerprint density at radius 3 is 2.33 bits per heavy atom. The van der Waals surface area contributed by atoms with Gasteiger partial charge in [0, 0.05) is 5.02 Å². The van der Waals surface area contributed by atoms with Crippen LogP contribution in [-0.2, 0) is 4.74 Å². The zero-order chi connectivity index (χ0) is 13.8. The quantitative estimate of drug-likeness (QED) is 0.846. The molecule has 18 heavy (non-hydrogen) atoms. The molecule has 0 aliphatic carbocycles. The highest BCUT2D eigenvalue weighted by atomic mass is 35.5. The van der Waals surface area contributed by atoms with Crippen LogP contribution in [0.4, 0.5) is 0 Å². The van der Waals surface area contributed by atoms with Crippen molar-refractivity contribution in [2.45, 2.75) is 26.3 Å². The second kappa shape index (κ2) is 6.21. The van der Waals surface area contributed by atoms with E-state index in [2.05, 4.69) is 27.8 Å². The van der Waals surface area contributed by atoms with Crippen molar-refractivity contribution in [3.63, 3.8) is 0 Å². The molecule has 4 heteroatoms. The normalized spacial score (nSPS) is 13.2. The van der Waals surface area contributed by atoms with Crippen LogP contribution in [-0.4, -0.2) is 31.7 Å². The first-order valence-corrected chi connectivity index (χ1v) is 6.44. The van der Waals surface area contributed by atoms with E-state index in [9.17, 15) is 4.79 Å². The predicted octanol–water partition coefficient (Wildman–Crippen LogP) is 1.81. The molecule has 1 rings (SSSR count). The number of esters is 1. The van der Waals surface area contributed by atoms with E-state index < -0.39 is 0 Å². The Kier molecular flexibility index (Phi) is 5.17. The molecule has 0 amide bonds. The van der Waals surface area contributed by atoms with Gasteiger partial charge in [0.25, 0.3) is 0 Å². The van der Waals surface area contributed by atoms with Crippen molar-refractivity contribution >= 4 is 17.6 Å². The van der Waals surface area contributed by atoms with Crippen LogP contribution < -0.4 is 4.90 Å².